The van der Waals surface area contributed by atoms with E-state index >= 15 is 0 Å². The molecule has 9 heteroatoms. The van der Waals surface area contributed by atoms with E-state index in [4.69, 9.17) is 9.47 Å². The lowest BCUT2D eigenvalue weighted by Gasteiger charge is -2.48. The third-order valence-electron chi connectivity index (χ3n) is 6.53. The van der Waals surface area contributed by atoms with Gasteiger partial charge < -0.3 is 14.8 Å². The molecule has 0 bridgehead atoms. The van der Waals surface area contributed by atoms with E-state index in [0.29, 0.717) is 23.0 Å². The average molecular weight is 443 g/mol. The van der Waals surface area contributed by atoms with Crippen LogP contribution in [0.4, 0.5) is 0 Å². The average Bonchev–Trinajstić information content (AvgIpc) is 2.84. The molecule has 9 nitrogen and oxygen atoms in total. The predicted molar refractivity (Wildman–Crippen MR) is 118 cm³/mol. The van der Waals surface area contributed by atoms with Crippen LogP contribution in [0.2, 0.25) is 0 Å². The highest BCUT2D eigenvalue weighted by Gasteiger charge is 2.38. The first kappa shape index (κ1) is 22.4. The summed E-state index contributed by atoms with van der Waals surface area (Å²) < 4.78 is 10.7. The number of amides is 1. The van der Waals surface area contributed by atoms with Gasteiger partial charge in [-0.25, -0.2) is 5.10 Å². The van der Waals surface area contributed by atoms with E-state index in [1.807, 2.05) is 0 Å². The molecule has 1 aromatic carbocycles. The van der Waals surface area contributed by atoms with Gasteiger partial charge in [-0.15, -0.1) is 0 Å². The summed E-state index contributed by atoms with van der Waals surface area (Å²) in [6.45, 7) is 3.42. The Morgan fingerprint density at radius 2 is 1.84 bits per heavy atom. The molecule has 0 unspecified atom stereocenters. The van der Waals surface area contributed by atoms with Crippen molar-refractivity contribution in [2.45, 2.75) is 44.1 Å². The lowest BCUT2D eigenvalue weighted by Crippen LogP contribution is -2.59. The minimum absolute atomic E-state index is 0.0412. The van der Waals surface area contributed by atoms with Crippen LogP contribution in [-0.2, 0) is 25.5 Å². The summed E-state index contributed by atoms with van der Waals surface area (Å²) in [5, 5.41) is 10.4. The van der Waals surface area contributed by atoms with Gasteiger partial charge in [0.1, 0.15) is 0 Å². The lowest BCUT2D eigenvalue weighted by atomic mass is 9.79. The molecule has 0 atom stereocenters. The van der Waals surface area contributed by atoms with Crippen LogP contribution in [-0.4, -0.2) is 72.0 Å². The second-order valence-electron chi connectivity index (χ2n) is 8.54. The first-order valence-corrected chi connectivity index (χ1v) is 11.3. The third-order valence-corrected chi connectivity index (χ3v) is 6.53. The summed E-state index contributed by atoms with van der Waals surface area (Å²) >= 11 is 0. The molecule has 1 saturated heterocycles. The van der Waals surface area contributed by atoms with Crippen molar-refractivity contribution in [2.24, 2.45) is 0 Å². The van der Waals surface area contributed by atoms with Gasteiger partial charge in [-0.1, -0.05) is 37.5 Å². The maximum Gasteiger partial charge on any atom is 0.312 e. The number of hydrogen-bond donors (Lipinski definition) is 2. The Morgan fingerprint density at radius 1 is 1.12 bits per heavy atom. The predicted octanol–water partition coefficient (Wildman–Crippen LogP) is 1.16. The number of fused-ring (bicyclic) bond motifs is 1. The normalized spacial score (nSPS) is 18.9. The Kier molecular flexibility index (Phi) is 7.16. The molecule has 2 N–H and O–H groups in total. The first-order chi connectivity index (χ1) is 15.6. The van der Waals surface area contributed by atoms with Crippen molar-refractivity contribution in [3.8, 4) is 0 Å². The number of nitrogens with zero attached hydrogens (tertiary/aromatic N) is 2. The number of benzene rings is 1. The van der Waals surface area contributed by atoms with Crippen molar-refractivity contribution in [2.75, 3.05) is 39.5 Å². The zero-order valence-corrected chi connectivity index (χ0v) is 18.2. The molecule has 1 aliphatic carbocycles. The number of nitrogens with one attached hydrogen (secondary N) is 2. The van der Waals surface area contributed by atoms with Gasteiger partial charge in [0.2, 0.25) is 0 Å². The number of hydrogen-bond acceptors (Lipinski definition) is 7. The number of aromatic amines is 1. The molecule has 2 fully saturated rings. The number of ether oxygens (including phenoxy) is 2. The second-order valence-corrected chi connectivity index (χ2v) is 8.54. The first-order valence-electron chi connectivity index (χ1n) is 11.3. The van der Waals surface area contributed by atoms with E-state index in [1.54, 1.807) is 24.3 Å². The number of rotatable bonds is 7. The van der Waals surface area contributed by atoms with Gasteiger partial charge in [0.05, 0.1) is 30.7 Å². The molecular formula is C23H30N4O5. The molecule has 2 aromatic rings. The van der Waals surface area contributed by atoms with Crippen molar-refractivity contribution in [3.05, 3.63) is 40.3 Å². The molecule has 2 heterocycles. The zero-order valence-electron chi connectivity index (χ0n) is 18.2. The van der Waals surface area contributed by atoms with Crippen LogP contribution in [0.5, 0.6) is 0 Å². The third kappa shape index (κ3) is 5.16. The van der Waals surface area contributed by atoms with Gasteiger partial charge in [0.25, 0.3) is 11.5 Å². The number of carbonyl (C=O) groups excluding carboxylic acids is 2. The molecule has 0 spiro atoms. The van der Waals surface area contributed by atoms with Crippen molar-refractivity contribution >= 4 is 22.6 Å². The summed E-state index contributed by atoms with van der Waals surface area (Å²) in [6.07, 6.45) is 5.52. The summed E-state index contributed by atoms with van der Waals surface area (Å²) in [7, 11) is 0. The van der Waals surface area contributed by atoms with Crippen LogP contribution in [0.25, 0.3) is 10.8 Å². The number of carbonyl (C=O) groups is 2. The number of morpholine rings is 1. The minimum Gasteiger partial charge on any atom is -0.455 e. The molecular weight excluding hydrogens is 412 g/mol. The van der Waals surface area contributed by atoms with Crippen molar-refractivity contribution in [1.29, 1.82) is 0 Å². The highest BCUT2D eigenvalue weighted by atomic mass is 16.5. The molecule has 4 rings (SSSR count). The quantitative estimate of drug-likeness (QED) is 0.619. The smallest absolute Gasteiger partial charge is 0.312 e. The molecule has 32 heavy (non-hydrogen) atoms. The second kappa shape index (κ2) is 10.2. The number of aromatic nitrogens is 2. The van der Waals surface area contributed by atoms with Gasteiger partial charge in [-0.3, -0.25) is 19.3 Å². The highest BCUT2D eigenvalue weighted by Crippen LogP contribution is 2.33. The Labute approximate surface area is 186 Å². The van der Waals surface area contributed by atoms with E-state index in [0.717, 1.165) is 52.0 Å². The Morgan fingerprint density at radius 3 is 2.59 bits per heavy atom. The number of esters is 1. The van der Waals surface area contributed by atoms with E-state index < -0.39 is 5.97 Å². The number of H-pyrrole nitrogens is 1. The van der Waals surface area contributed by atoms with E-state index in [9.17, 15) is 14.4 Å². The molecule has 1 aromatic heterocycles. The molecule has 0 radical (unpaired) electrons. The molecule has 2 aliphatic rings. The summed E-state index contributed by atoms with van der Waals surface area (Å²) in [5.74, 6) is -0.874. The van der Waals surface area contributed by atoms with Crippen LogP contribution in [0.15, 0.2) is 29.1 Å². The molecule has 1 aliphatic heterocycles. The zero-order chi connectivity index (χ0) is 22.4. The maximum absolute atomic E-state index is 12.4. The minimum atomic E-state index is -0.564. The molecule has 1 amide bonds. The van der Waals surface area contributed by atoms with Gasteiger partial charge in [-0.05, 0) is 18.9 Å². The van der Waals surface area contributed by atoms with Crippen LogP contribution >= 0.6 is 0 Å². The Bertz CT molecular complexity index is 1010. The summed E-state index contributed by atoms with van der Waals surface area (Å²) in [4.78, 5) is 39.1. The van der Waals surface area contributed by atoms with Gasteiger partial charge in [-0.2, -0.15) is 5.10 Å². The van der Waals surface area contributed by atoms with Crippen LogP contribution < -0.4 is 10.9 Å². The van der Waals surface area contributed by atoms with Crippen molar-refractivity contribution in [3.63, 3.8) is 0 Å². The molecule has 1 saturated carbocycles. The van der Waals surface area contributed by atoms with Gasteiger partial charge in [0.15, 0.2) is 6.61 Å². The van der Waals surface area contributed by atoms with E-state index in [-0.39, 0.29) is 30.0 Å². The van der Waals surface area contributed by atoms with E-state index in [1.165, 1.54) is 6.42 Å². The van der Waals surface area contributed by atoms with Gasteiger partial charge in [0, 0.05) is 30.6 Å². The van der Waals surface area contributed by atoms with Crippen molar-refractivity contribution in [1.82, 2.24) is 20.4 Å². The SMILES string of the molecule is O=C(COC(=O)Cc1n[nH]c(=O)c2ccccc12)NCC1(N2CCOCC2)CCCCC1. The standard InChI is InChI=1S/C23H30N4O5/c28-20(24-16-23(8-4-1-5-9-23)27-10-12-31-13-11-27)15-32-21(29)14-19-17-6-2-3-7-18(17)22(30)26-25-19/h2-3,6-7H,1,4-5,8-16H2,(H,24,28)(H,26,30). The van der Waals surface area contributed by atoms with E-state index in [2.05, 4.69) is 20.4 Å². The van der Waals surface area contributed by atoms with Crippen LogP contribution in [0.3, 0.4) is 0 Å². The lowest BCUT2D eigenvalue weighted by molar-refractivity contribution is -0.148. The fourth-order valence-corrected chi connectivity index (χ4v) is 4.81. The maximum atomic E-state index is 12.4. The monoisotopic (exact) mass is 442 g/mol. The van der Waals surface area contributed by atoms with Gasteiger partial charge >= 0.3 is 5.97 Å². The summed E-state index contributed by atoms with van der Waals surface area (Å²) in [5.41, 5.74) is 0.0635. The Balaban J connectivity index is 1.30. The highest BCUT2D eigenvalue weighted by molar-refractivity contribution is 5.87. The fourth-order valence-electron chi connectivity index (χ4n) is 4.81. The fraction of sp³-hybridized carbons (Fsp3) is 0.565. The molecule has 172 valence electrons. The van der Waals surface area contributed by atoms with Crippen LogP contribution in [0.1, 0.15) is 37.8 Å². The summed E-state index contributed by atoms with van der Waals surface area (Å²) in [6, 6.07) is 6.94. The Hall–Kier alpha value is -2.78. The largest absolute Gasteiger partial charge is 0.455 e. The van der Waals surface area contributed by atoms with Crippen molar-refractivity contribution < 1.29 is 19.1 Å². The topological polar surface area (TPSA) is 114 Å². The van der Waals surface area contributed by atoms with Crippen LogP contribution in [0, 0.1) is 0 Å².